The summed E-state index contributed by atoms with van der Waals surface area (Å²) in [5.74, 6) is -0.916. The van der Waals surface area contributed by atoms with Gasteiger partial charge in [0.2, 0.25) is 0 Å². The SMILES string of the molecule is Cc1c(CC(=O)O)c2cc(O)ccc2n1C(=O)N1CCNCC1. The number of aromatic nitrogens is 1. The van der Waals surface area contributed by atoms with Gasteiger partial charge in [-0.25, -0.2) is 4.79 Å². The number of amides is 1. The molecule has 1 fully saturated rings. The Morgan fingerprint density at radius 3 is 2.61 bits per heavy atom. The molecule has 0 unspecified atom stereocenters. The zero-order valence-corrected chi connectivity index (χ0v) is 12.9. The van der Waals surface area contributed by atoms with E-state index < -0.39 is 5.97 Å². The van der Waals surface area contributed by atoms with E-state index >= 15 is 0 Å². The van der Waals surface area contributed by atoms with Crippen molar-refractivity contribution in [3.63, 3.8) is 0 Å². The van der Waals surface area contributed by atoms with E-state index in [4.69, 9.17) is 5.11 Å². The Kier molecular flexibility index (Phi) is 3.96. The number of hydrogen-bond donors (Lipinski definition) is 3. The number of fused-ring (bicyclic) bond motifs is 1. The average Bonchev–Trinajstić information content (AvgIpc) is 2.79. The molecule has 0 bridgehead atoms. The van der Waals surface area contributed by atoms with Crippen LogP contribution in [0.4, 0.5) is 4.79 Å². The minimum Gasteiger partial charge on any atom is -0.508 e. The molecule has 1 amide bonds. The van der Waals surface area contributed by atoms with Crippen LogP contribution in [0.3, 0.4) is 0 Å². The number of carbonyl (C=O) groups is 2. The van der Waals surface area contributed by atoms with Crippen molar-refractivity contribution in [1.82, 2.24) is 14.8 Å². The van der Waals surface area contributed by atoms with Gasteiger partial charge in [-0.05, 0) is 30.7 Å². The Morgan fingerprint density at radius 1 is 1.26 bits per heavy atom. The van der Waals surface area contributed by atoms with Crippen molar-refractivity contribution in [2.24, 2.45) is 0 Å². The van der Waals surface area contributed by atoms with Crippen LogP contribution >= 0.6 is 0 Å². The number of carbonyl (C=O) groups excluding carboxylic acids is 1. The number of hydrogen-bond acceptors (Lipinski definition) is 4. The molecule has 7 heteroatoms. The van der Waals surface area contributed by atoms with Crippen LogP contribution in [-0.4, -0.2) is 57.9 Å². The third-order valence-electron chi connectivity index (χ3n) is 4.23. The highest BCUT2D eigenvalue weighted by molar-refractivity contribution is 5.97. The molecule has 122 valence electrons. The number of rotatable bonds is 2. The van der Waals surface area contributed by atoms with E-state index in [9.17, 15) is 14.7 Å². The van der Waals surface area contributed by atoms with E-state index in [0.717, 1.165) is 13.1 Å². The minimum atomic E-state index is -0.967. The number of nitrogens with zero attached hydrogens (tertiary/aromatic N) is 2. The summed E-state index contributed by atoms with van der Waals surface area (Å²) < 4.78 is 1.55. The molecule has 7 nitrogen and oxygen atoms in total. The van der Waals surface area contributed by atoms with Gasteiger partial charge in [0.05, 0.1) is 11.9 Å². The second kappa shape index (κ2) is 5.92. The van der Waals surface area contributed by atoms with Gasteiger partial charge < -0.3 is 20.4 Å². The Balaban J connectivity index is 2.14. The number of phenolic OH excluding ortho intramolecular Hbond substituents is 1. The molecule has 23 heavy (non-hydrogen) atoms. The van der Waals surface area contributed by atoms with Crippen LogP contribution in [0.2, 0.25) is 0 Å². The Morgan fingerprint density at radius 2 is 1.96 bits per heavy atom. The lowest BCUT2D eigenvalue weighted by Crippen LogP contribution is -2.48. The first-order valence-electron chi connectivity index (χ1n) is 7.53. The second-order valence-electron chi connectivity index (χ2n) is 5.69. The van der Waals surface area contributed by atoms with Crippen molar-refractivity contribution >= 4 is 22.9 Å². The molecule has 3 rings (SSSR count). The third kappa shape index (κ3) is 2.75. The predicted molar refractivity (Wildman–Crippen MR) is 84.9 cm³/mol. The van der Waals surface area contributed by atoms with Crippen molar-refractivity contribution in [2.75, 3.05) is 26.2 Å². The smallest absolute Gasteiger partial charge is 0.328 e. The maximum atomic E-state index is 12.9. The molecular weight excluding hydrogens is 298 g/mol. The standard InChI is InChI=1S/C16H19N3O4/c1-10-12(9-15(21)22)13-8-11(20)2-3-14(13)19(10)16(23)18-6-4-17-5-7-18/h2-3,8,17,20H,4-7,9H2,1H3,(H,21,22). The van der Waals surface area contributed by atoms with Gasteiger partial charge in [-0.2, -0.15) is 0 Å². The molecule has 1 aromatic carbocycles. The van der Waals surface area contributed by atoms with Gasteiger partial charge in [-0.15, -0.1) is 0 Å². The molecule has 2 heterocycles. The van der Waals surface area contributed by atoms with Gasteiger partial charge in [-0.3, -0.25) is 9.36 Å². The highest BCUT2D eigenvalue weighted by Crippen LogP contribution is 2.30. The first-order chi connectivity index (χ1) is 11.0. The number of aromatic hydroxyl groups is 1. The molecule has 3 N–H and O–H groups in total. The van der Waals surface area contributed by atoms with Crippen molar-refractivity contribution in [1.29, 1.82) is 0 Å². The fourth-order valence-electron chi connectivity index (χ4n) is 3.09. The topological polar surface area (TPSA) is 94.8 Å². The summed E-state index contributed by atoms with van der Waals surface area (Å²) in [5.41, 5.74) is 1.79. The number of phenols is 1. The van der Waals surface area contributed by atoms with E-state index in [-0.39, 0.29) is 18.2 Å². The molecule has 2 aromatic rings. The van der Waals surface area contributed by atoms with E-state index in [0.29, 0.717) is 35.2 Å². The lowest BCUT2D eigenvalue weighted by atomic mass is 10.1. The summed E-state index contributed by atoms with van der Waals surface area (Å²) in [6.45, 7) is 4.46. The normalized spacial score (nSPS) is 15.1. The number of aliphatic carboxylic acids is 1. The fourth-order valence-corrected chi connectivity index (χ4v) is 3.09. The maximum Gasteiger partial charge on any atom is 0.328 e. The summed E-state index contributed by atoms with van der Waals surface area (Å²) in [6, 6.07) is 4.52. The van der Waals surface area contributed by atoms with Crippen LogP contribution in [0.25, 0.3) is 10.9 Å². The quantitative estimate of drug-likeness (QED) is 0.772. The van der Waals surface area contributed by atoms with E-state index in [1.165, 1.54) is 12.1 Å². The Labute approximate surface area is 133 Å². The second-order valence-corrected chi connectivity index (χ2v) is 5.69. The number of benzene rings is 1. The van der Waals surface area contributed by atoms with Crippen LogP contribution < -0.4 is 5.32 Å². The van der Waals surface area contributed by atoms with Gasteiger partial charge in [0.15, 0.2) is 0 Å². The number of carboxylic acids is 1. The highest BCUT2D eigenvalue weighted by Gasteiger charge is 2.24. The lowest BCUT2D eigenvalue weighted by molar-refractivity contribution is -0.136. The molecular formula is C16H19N3O4. The molecule has 1 aliphatic rings. The molecule has 0 saturated carbocycles. The van der Waals surface area contributed by atoms with Crippen molar-refractivity contribution in [3.05, 3.63) is 29.5 Å². The molecule has 0 aliphatic carbocycles. The minimum absolute atomic E-state index is 0.0518. The third-order valence-corrected chi connectivity index (χ3v) is 4.23. The number of carboxylic acid groups (broad SMARTS) is 1. The van der Waals surface area contributed by atoms with Gasteiger partial charge in [0.25, 0.3) is 0 Å². The summed E-state index contributed by atoms with van der Waals surface area (Å²) in [4.78, 5) is 25.8. The Hall–Kier alpha value is -2.54. The van der Waals surface area contributed by atoms with E-state index in [2.05, 4.69) is 5.32 Å². The van der Waals surface area contributed by atoms with Crippen LogP contribution in [0, 0.1) is 6.92 Å². The van der Waals surface area contributed by atoms with Crippen molar-refractivity contribution in [2.45, 2.75) is 13.3 Å². The van der Waals surface area contributed by atoms with Gasteiger partial charge in [0.1, 0.15) is 5.75 Å². The number of piperazine rings is 1. The van der Waals surface area contributed by atoms with Crippen LogP contribution in [-0.2, 0) is 11.2 Å². The van der Waals surface area contributed by atoms with Gasteiger partial charge in [0, 0.05) is 37.3 Å². The van der Waals surface area contributed by atoms with Crippen LogP contribution in [0.15, 0.2) is 18.2 Å². The highest BCUT2D eigenvalue weighted by atomic mass is 16.4. The average molecular weight is 317 g/mol. The Bertz CT molecular complexity index is 775. The first kappa shape index (κ1) is 15.4. The fraction of sp³-hybridized carbons (Fsp3) is 0.375. The largest absolute Gasteiger partial charge is 0.508 e. The first-order valence-corrected chi connectivity index (χ1v) is 7.53. The molecule has 0 radical (unpaired) electrons. The van der Waals surface area contributed by atoms with Gasteiger partial charge in [-0.1, -0.05) is 0 Å². The summed E-state index contributed by atoms with van der Waals surface area (Å²) >= 11 is 0. The summed E-state index contributed by atoms with van der Waals surface area (Å²) in [6.07, 6.45) is -0.187. The predicted octanol–water partition coefficient (Wildman–Crippen LogP) is 1.16. The summed E-state index contributed by atoms with van der Waals surface area (Å²) in [5, 5.41) is 22.7. The van der Waals surface area contributed by atoms with Crippen molar-refractivity contribution < 1.29 is 19.8 Å². The molecule has 0 atom stereocenters. The van der Waals surface area contributed by atoms with E-state index in [1.807, 2.05) is 0 Å². The lowest BCUT2D eigenvalue weighted by Gasteiger charge is -2.28. The molecule has 1 aromatic heterocycles. The molecule has 1 aliphatic heterocycles. The molecule has 0 spiro atoms. The zero-order chi connectivity index (χ0) is 16.6. The monoisotopic (exact) mass is 317 g/mol. The maximum absolute atomic E-state index is 12.9. The zero-order valence-electron chi connectivity index (χ0n) is 12.9. The number of nitrogens with one attached hydrogen (secondary N) is 1. The van der Waals surface area contributed by atoms with Crippen LogP contribution in [0.5, 0.6) is 5.75 Å². The van der Waals surface area contributed by atoms with E-state index in [1.54, 1.807) is 22.5 Å². The molecule has 1 saturated heterocycles. The van der Waals surface area contributed by atoms with Crippen LogP contribution in [0.1, 0.15) is 11.3 Å². The summed E-state index contributed by atoms with van der Waals surface area (Å²) in [7, 11) is 0. The van der Waals surface area contributed by atoms with Gasteiger partial charge >= 0.3 is 12.0 Å². The van der Waals surface area contributed by atoms with Crippen molar-refractivity contribution in [3.8, 4) is 5.75 Å².